The van der Waals surface area contributed by atoms with Crippen LogP contribution in [0.15, 0.2) is 0 Å². The van der Waals surface area contributed by atoms with E-state index in [-0.39, 0.29) is 0 Å². The molecule has 0 aromatic carbocycles. The van der Waals surface area contributed by atoms with Crippen molar-refractivity contribution < 1.29 is 0 Å². The van der Waals surface area contributed by atoms with E-state index >= 15 is 0 Å². The number of halogens is 1. The van der Waals surface area contributed by atoms with E-state index in [9.17, 15) is 0 Å². The Morgan fingerprint density at radius 2 is 1.09 bits per heavy atom. The fourth-order valence-corrected chi connectivity index (χ4v) is 8.20. The van der Waals surface area contributed by atoms with Gasteiger partial charge in [0.25, 0.3) is 6.13 Å². The Kier molecular flexibility index (Phi) is 3.39. The molecule has 0 radical (unpaired) electrons. The Hall–Kier alpha value is 0.355. The highest BCUT2D eigenvalue weighted by Crippen LogP contribution is 2.69. The fraction of sp³-hybridized carbons (Fsp3) is 1.00. The third-order valence-electron chi connectivity index (χ3n) is 9.64. The molecule has 0 saturated heterocycles. The molecule has 6 aliphatic rings. The highest BCUT2D eigenvalue weighted by Gasteiger charge is 2.62. The van der Waals surface area contributed by atoms with Gasteiger partial charge < -0.3 is 0 Å². The van der Waals surface area contributed by atoms with Gasteiger partial charge in [-0.15, -0.1) is 0 Å². The Morgan fingerprint density at radius 3 is 1.36 bits per heavy atom. The Balaban J connectivity index is 1.49. The maximum atomic E-state index is 7.19. The van der Waals surface area contributed by atoms with Crippen LogP contribution in [-0.2, 0) is 0 Å². The molecule has 6 saturated carbocycles. The minimum absolute atomic E-state index is 0.438. The average molecular weight is 321 g/mol. The minimum Gasteiger partial charge on any atom is -0.195 e. The molecule has 6 rings (SSSR count). The number of rotatable bonds is 2. The zero-order valence-corrected chi connectivity index (χ0v) is 16.2. The van der Waals surface area contributed by atoms with E-state index in [1.54, 1.807) is 0 Å². The first-order valence-corrected chi connectivity index (χ1v) is 10.2. The molecule has 4 bridgehead atoms. The van der Waals surface area contributed by atoms with E-state index in [0.29, 0.717) is 17.0 Å². The monoisotopic (exact) mass is 320 g/mol. The topological polar surface area (TPSA) is 0 Å². The summed E-state index contributed by atoms with van der Waals surface area (Å²) in [5.74, 6) is 7.00. The van der Waals surface area contributed by atoms with Gasteiger partial charge in [0.2, 0.25) is 0 Å². The van der Waals surface area contributed by atoms with Crippen LogP contribution in [0.2, 0.25) is 11.6 Å². The largest absolute Gasteiger partial charge is 0.257 e. The highest BCUT2D eigenvalue weighted by atomic mass is 35.5. The molecule has 6 aliphatic carbocycles. The second kappa shape index (κ2) is 4.71. The van der Waals surface area contributed by atoms with Crippen LogP contribution in [-0.4, -0.2) is 6.13 Å². The summed E-state index contributed by atoms with van der Waals surface area (Å²) in [6.07, 6.45) is 6.20. The summed E-state index contributed by atoms with van der Waals surface area (Å²) < 4.78 is 0. The van der Waals surface area contributed by atoms with Crippen LogP contribution >= 0.6 is 11.5 Å². The van der Waals surface area contributed by atoms with E-state index in [4.69, 9.17) is 11.5 Å². The lowest BCUT2D eigenvalue weighted by molar-refractivity contribution is -0.106. The summed E-state index contributed by atoms with van der Waals surface area (Å²) in [6.45, 7) is 15.0. The molecule has 0 amide bonds. The van der Waals surface area contributed by atoms with E-state index < -0.39 is 0 Å². The van der Waals surface area contributed by atoms with Crippen LogP contribution in [0.3, 0.4) is 0 Å². The first-order valence-electron chi connectivity index (χ1n) is 9.79. The van der Waals surface area contributed by atoms with Crippen LogP contribution in [0.25, 0.3) is 0 Å². The third kappa shape index (κ3) is 1.84. The molecule has 0 heterocycles. The molecule has 22 heavy (non-hydrogen) atoms. The molecule has 0 nitrogen and oxygen atoms in total. The van der Waals surface area contributed by atoms with Crippen molar-refractivity contribution in [1.29, 1.82) is 0 Å². The third-order valence-corrected chi connectivity index (χ3v) is 10.3. The average Bonchev–Trinajstić information content (AvgIpc) is 2.45. The van der Waals surface area contributed by atoms with Crippen molar-refractivity contribution in [2.24, 2.45) is 46.3 Å². The van der Waals surface area contributed by atoms with Gasteiger partial charge >= 0.3 is 0 Å². The maximum Gasteiger partial charge on any atom is 0.257 e. The second-order valence-corrected chi connectivity index (χ2v) is 11.2. The fourth-order valence-electron chi connectivity index (χ4n) is 7.54. The van der Waals surface area contributed by atoms with Crippen molar-refractivity contribution in [1.82, 2.24) is 0 Å². The molecule has 8 atom stereocenters. The van der Waals surface area contributed by atoms with Crippen molar-refractivity contribution in [2.45, 2.75) is 78.9 Å². The smallest absolute Gasteiger partial charge is 0.195 e. The molecule has 0 aliphatic heterocycles. The molecule has 0 spiro atoms. The van der Waals surface area contributed by atoms with Gasteiger partial charge in [0.15, 0.2) is 0 Å². The maximum absolute atomic E-state index is 7.19. The predicted octanol–water partition coefficient (Wildman–Crippen LogP) is 6.36. The molecule has 0 N–H and O–H groups in total. The van der Waals surface area contributed by atoms with Crippen molar-refractivity contribution in [3.63, 3.8) is 0 Å². The van der Waals surface area contributed by atoms with Gasteiger partial charge in [-0.3, -0.25) is 0 Å². The van der Waals surface area contributed by atoms with Gasteiger partial charge in [-0.1, -0.05) is 54.4 Å². The van der Waals surface area contributed by atoms with E-state index in [2.05, 4.69) is 41.5 Å². The lowest BCUT2D eigenvalue weighted by Gasteiger charge is -2.65. The zero-order valence-electron chi connectivity index (χ0n) is 15.4. The molecular weight excluding hydrogens is 286 g/mol. The van der Waals surface area contributed by atoms with Crippen molar-refractivity contribution in [3.05, 3.63) is 0 Å². The number of hydrogen-bond donors (Lipinski definition) is 0. The molecule has 124 valence electrons. The lowest BCUT2D eigenvalue weighted by Crippen LogP contribution is -2.58. The molecule has 6 fully saturated rings. The normalized spacial score (nSPS) is 54.1. The van der Waals surface area contributed by atoms with Crippen molar-refractivity contribution in [3.8, 4) is 0 Å². The SMILES string of the molecule is C[C@H]1[C@@H](B(Cl)[C@H]2C[C@H]3C[C@@H]([C@H]2C)C3(C)C)C[C@@H]2C[C@H]1C2(C)C. The summed E-state index contributed by atoms with van der Waals surface area (Å²) >= 11 is 7.19. The van der Waals surface area contributed by atoms with Crippen LogP contribution in [0, 0.1) is 46.3 Å². The quantitative estimate of drug-likeness (QED) is 0.519. The number of fused-ring (bicyclic) bond motifs is 4. The Bertz CT molecular complexity index is 428. The predicted molar refractivity (Wildman–Crippen MR) is 97.4 cm³/mol. The summed E-state index contributed by atoms with van der Waals surface area (Å²) in [5.41, 5.74) is 1.18. The summed E-state index contributed by atoms with van der Waals surface area (Å²) in [4.78, 5) is 0. The van der Waals surface area contributed by atoms with E-state index in [0.717, 1.165) is 47.1 Å². The van der Waals surface area contributed by atoms with Gasteiger partial charge in [0.1, 0.15) is 0 Å². The molecule has 2 heteroatoms. The van der Waals surface area contributed by atoms with Gasteiger partial charge in [-0.05, 0) is 70.8 Å². The molecule has 0 aromatic heterocycles. The van der Waals surface area contributed by atoms with Gasteiger partial charge in [-0.2, -0.15) is 11.5 Å². The first-order chi connectivity index (χ1) is 10.2. The van der Waals surface area contributed by atoms with Gasteiger partial charge in [0.05, 0.1) is 0 Å². The number of hydrogen-bond acceptors (Lipinski definition) is 0. The van der Waals surface area contributed by atoms with Gasteiger partial charge in [0, 0.05) is 0 Å². The van der Waals surface area contributed by atoms with Crippen LogP contribution in [0.4, 0.5) is 0 Å². The molecular formula is C20H34BCl. The Morgan fingerprint density at radius 1 is 0.727 bits per heavy atom. The summed E-state index contributed by atoms with van der Waals surface area (Å²) in [5, 5.41) is 0. The lowest BCUT2D eigenvalue weighted by atomic mass is 9.30. The summed E-state index contributed by atoms with van der Waals surface area (Å²) in [7, 11) is 0. The minimum atomic E-state index is 0.438. The molecule has 0 unspecified atom stereocenters. The highest BCUT2D eigenvalue weighted by molar-refractivity contribution is 7.08. The first kappa shape index (κ1) is 15.9. The van der Waals surface area contributed by atoms with Crippen LogP contribution in [0.5, 0.6) is 0 Å². The second-order valence-electron chi connectivity index (χ2n) is 10.7. The standard InChI is InChI=1S/C20H34BCl/c1-11-15-7-13(19(15,3)4)9-17(11)21(22)18-10-14-8-16(12(18)2)20(14,5)6/h11-18H,7-10H2,1-6H3/t11-,12-,13-,14+,15+,16-,17+,18+/m1/s1. The van der Waals surface area contributed by atoms with Crippen molar-refractivity contribution in [2.75, 3.05) is 0 Å². The van der Waals surface area contributed by atoms with Crippen molar-refractivity contribution >= 4 is 17.6 Å². The van der Waals surface area contributed by atoms with Gasteiger partial charge in [-0.25, -0.2) is 0 Å². The van der Waals surface area contributed by atoms with Crippen LogP contribution < -0.4 is 0 Å². The molecule has 0 aromatic rings. The Labute approximate surface area is 143 Å². The summed E-state index contributed by atoms with van der Waals surface area (Å²) in [6, 6.07) is 0. The zero-order chi connectivity index (χ0) is 16.0. The van der Waals surface area contributed by atoms with Crippen LogP contribution in [0.1, 0.15) is 67.2 Å². The van der Waals surface area contributed by atoms with E-state index in [1.807, 2.05) is 0 Å². The van der Waals surface area contributed by atoms with E-state index in [1.165, 1.54) is 25.7 Å².